The topological polar surface area (TPSA) is 68.5 Å². The van der Waals surface area contributed by atoms with Gasteiger partial charge in [-0.15, -0.1) is 0 Å². The molecule has 1 aliphatic rings. The van der Waals surface area contributed by atoms with Gasteiger partial charge >= 0.3 is 5.97 Å². The van der Waals surface area contributed by atoms with Crippen molar-refractivity contribution in [2.24, 2.45) is 0 Å². The molecule has 1 aliphatic heterocycles. The number of ether oxygens (including phenoxy) is 1. The van der Waals surface area contributed by atoms with Gasteiger partial charge in [0.05, 0.1) is 6.54 Å². The lowest BCUT2D eigenvalue weighted by atomic mass is 10.1. The van der Waals surface area contributed by atoms with Gasteiger partial charge in [0.1, 0.15) is 11.6 Å². The molecule has 100 valence electrons. The molecular weight excluding hydrogens is 234 g/mol. The van der Waals surface area contributed by atoms with Crippen molar-refractivity contribution < 1.29 is 14.1 Å². The first kappa shape index (κ1) is 13.0. The van der Waals surface area contributed by atoms with Crippen molar-refractivity contribution in [1.29, 1.82) is 0 Å². The summed E-state index contributed by atoms with van der Waals surface area (Å²) in [5.74, 6) is 0.366. The molecule has 1 saturated heterocycles. The molecule has 0 saturated carbocycles. The lowest BCUT2D eigenvalue weighted by molar-refractivity contribution is -0.160. The Morgan fingerprint density at radius 2 is 2.39 bits per heavy atom. The van der Waals surface area contributed by atoms with E-state index < -0.39 is 5.60 Å². The molecule has 18 heavy (non-hydrogen) atoms. The summed E-state index contributed by atoms with van der Waals surface area (Å²) < 4.78 is 10.4. The molecular formula is C12H19N3O3. The summed E-state index contributed by atoms with van der Waals surface area (Å²) in [6.45, 7) is 6.99. The fourth-order valence-electron chi connectivity index (χ4n) is 2.09. The molecule has 1 fully saturated rings. The van der Waals surface area contributed by atoms with Crippen LogP contribution in [-0.2, 0) is 16.1 Å². The second-order valence-electron chi connectivity index (χ2n) is 5.50. The molecule has 0 bridgehead atoms. The lowest BCUT2D eigenvalue weighted by Gasteiger charge is -2.26. The summed E-state index contributed by atoms with van der Waals surface area (Å²) in [5, 5.41) is 3.56. The largest absolute Gasteiger partial charge is 0.459 e. The van der Waals surface area contributed by atoms with Crippen LogP contribution in [0.2, 0.25) is 0 Å². The van der Waals surface area contributed by atoms with Crippen LogP contribution >= 0.6 is 0 Å². The number of carbonyl (C=O) groups excluding carboxylic acids is 1. The maximum Gasteiger partial charge on any atom is 0.323 e. The number of hydrogen-bond donors (Lipinski definition) is 0. The van der Waals surface area contributed by atoms with Crippen LogP contribution in [-0.4, -0.2) is 39.2 Å². The van der Waals surface area contributed by atoms with Gasteiger partial charge in [0, 0.05) is 0 Å². The van der Waals surface area contributed by atoms with E-state index in [2.05, 4.69) is 10.1 Å². The van der Waals surface area contributed by atoms with E-state index in [4.69, 9.17) is 9.26 Å². The summed E-state index contributed by atoms with van der Waals surface area (Å²) in [4.78, 5) is 18.1. The number of rotatable bonds is 3. The molecule has 2 heterocycles. The zero-order valence-corrected chi connectivity index (χ0v) is 11.0. The van der Waals surface area contributed by atoms with E-state index in [1.807, 2.05) is 25.7 Å². The molecule has 0 aliphatic carbocycles. The van der Waals surface area contributed by atoms with Gasteiger partial charge in [-0.1, -0.05) is 5.16 Å². The van der Waals surface area contributed by atoms with E-state index in [0.29, 0.717) is 12.4 Å². The summed E-state index contributed by atoms with van der Waals surface area (Å²) in [6.07, 6.45) is 3.18. The molecule has 0 spiro atoms. The van der Waals surface area contributed by atoms with Gasteiger partial charge in [0.2, 0.25) is 5.89 Å². The highest BCUT2D eigenvalue weighted by Crippen LogP contribution is 2.22. The van der Waals surface area contributed by atoms with E-state index in [-0.39, 0.29) is 12.0 Å². The second-order valence-corrected chi connectivity index (χ2v) is 5.50. The van der Waals surface area contributed by atoms with Gasteiger partial charge < -0.3 is 9.26 Å². The minimum absolute atomic E-state index is 0.167. The van der Waals surface area contributed by atoms with Gasteiger partial charge in [0.15, 0.2) is 6.33 Å². The predicted molar refractivity (Wildman–Crippen MR) is 63.6 cm³/mol. The third-order valence-corrected chi connectivity index (χ3v) is 2.79. The van der Waals surface area contributed by atoms with Crippen molar-refractivity contribution in [2.75, 3.05) is 6.54 Å². The molecule has 6 heteroatoms. The van der Waals surface area contributed by atoms with Gasteiger partial charge in [-0.3, -0.25) is 9.69 Å². The Kier molecular flexibility index (Phi) is 3.65. The fraction of sp³-hybridized carbons (Fsp3) is 0.750. The van der Waals surface area contributed by atoms with E-state index in [9.17, 15) is 4.79 Å². The number of hydrogen-bond acceptors (Lipinski definition) is 6. The van der Waals surface area contributed by atoms with Crippen molar-refractivity contribution in [3.63, 3.8) is 0 Å². The van der Waals surface area contributed by atoms with E-state index in [1.54, 1.807) is 0 Å². The second kappa shape index (κ2) is 5.06. The number of esters is 1. The number of aromatic nitrogens is 2. The van der Waals surface area contributed by atoms with E-state index in [0.717, 1.165) is 19.4 Å². The normalized spacial score (nSPS) is 21.2. The quantitative estimate of drug-likeness (QED) is 0.758. The van der Waals surface area contributed by atoms with Crippen LogP contribution in [0.5, 0.6) is 0 Å². The fourth-order valence-corrected chi connectivity index (χ4v) is 2.09. The Morgan fingerprint density at radius 1 is 1.61 bits per heavy atom. The molecule has 1 aromatic rings. The van der Waals surface area contributed by atoms with Crippen LogP contribution in [0.25, 0.3) is 0 Å². The van der Waals surface area contributed by atoms with Crippen LogP contribution in [0.4, 0.5) is 0 Å². The first-order valence-corrected chi connectivity index (χ1v) is 6.18. The third kappa shape index (κ3) is 3.29. The number of nitrogens with zero attached hydrogens (tertiary/aromatic N) is 3. The Bertz CT molecular complexity index is 397. The Hall–Kier alpha value is -1.43. The SMILES string of the molecule is CC(C)(C)OC(=O)[C@H]1CCCN1Cc1ncno1. The number of likely N-dealkylation sites (tertiary alicyclic amines) is 1. The van der Waals surface area contributed by atoms with Crippen LogP contribution < -0.4 is 0 Å². The van der Waals surface area contributed by atoms with Gasteiger partial charge in [0.25, 0.3) is 0 Å². The first-order chi connectivity index (χ1) is 8.46. The van der Waals surface area contributed by atoms with Crippen molar-refractivity contribution >= 4 is 5.97 Å². The first-order valence-electron chi connectivity index (χ1n) is 6.18. The Morgan fingerprint density at radius 3 is 3.00 bits per heavy atom. The average molecular weight is 253 g/mol. The van der Waals surface area contributed by atoms with Crippen LogP contribution in [0.15, 0.2) is 10.9 Å². The molecule has 1 atom stereocenters. The molecule has 0 aromatic carbocycles. The lowest BCUT2D eigenvalue weighted by Crippen LogP contribution is -2.40. The minimum atomic E-state index is -0.449. The molecule has 6 nitrogen and oxygen atoms in total. The maximum atomic E-state index is 12.1. The summed E-state index contributed by atoms with van der Waals surface area (Å²) >= 11 is 0. The monoisotopic (exact) mass is 253 g/mol. The molecule has 0 N–H and O–H groups in total. The Labute approximate surface area is 106 Å². The van der Waals surface area contributed by atoms with Crippen LogP contribution in [0.1, 0.15) is 39.5 Å². The van der Waals surface area contributed by atoms with Crippen molar-refractivity contribution in [2.45, 2.75) is 51.8 Å². The molecule has 0 amide bonds. The Balaban J connectivity index is 1.97. The number of carbonyl (C=O) groups is 1. The minimum Gasteiger partial charge on any atom is -0.459 e. The maximum absolute atomic E-state index is 12.1. The highest BCUT2D eigenvalue weighted by Gasteiger charge is 2.34. The highest BCUT2D eigenvalue weighted by molar-refractivity contribution is 5.76. The summed E-state index contributed by atoms with van der Waals surface area (Å²) in [5.41, 5.74) is -0.449. The van der Waals surface area contributed by atoms with Crippen LogP contribution in [0, 0.1) is 0 Å². The summed E-state index contributed by atoms with van der Waals surface area (Å²) in [7, 11) is 0. The molecule has 1 aromatic heterocycles. The molecule has 0 radical (unpaired) electrons. The standard InChI is InChI=1S/C12H19N3O3/c1-12(2,3)17-11(16)9-5-4-6-15(9)7-10-13-8-14-18-10/h8-9H,4-7H2,1-3H3/t9-/m1/s1. The van der Waals surface area contributed by atoms with E-state index in [1.165, 1.54) is 6.33 Å². The van der Waals surface area contributed by atoms with Gasteiger partial charge in [-0.2, -0.15) is 4.98 Å². The smallest absolute Gasteiger partial charge is 0.323 e. The zero-order valence-electron chi connectivity index (χ0n) is 11.0. The molecule has 2 rings (SSSR count). The van der Waals surface area contributed by atoms with Crippen molar-refractivity contribution in [1.82, 2.24) is 15.0 Å². The molecule has 0 unspecified atom stereocenters. The van der Waals surface area contributed by atoms with Crippen molar-refractivity contribution in [3.05, 3.63) is 12.2 Å². The summed E-state index contributed by atoms with van der Waals surface area (Å²) in [6, 6.07) is -0.198. The van der Waals surface area contributed by atoms with Gasteiger partial charge in [-0.05, 0) is 40.2 Å². The predicted octanol–water partition coefficient (Wildman–Crippen LogP) is 1.38. The zero-order chi connectivity index (χ0) is 13.2. The van der Waals surface area contributed by atoms with Crippen molar-refractivity contribution in [3.8, 4) is 0 Å². The highest BCUT2D eigenvalue weighted by atomic mass is 16.6. The average Bonchev–Trinajstić information content (AvgIpc) is 2.86. The van der Waals surface area contributed by atoms with Gasteiger partial charge in [-0.25, -0.2) is 0 Å². The van der Waals surface area contributed by atoms with E-state index >= 15 is 0 Å². The van der Waals surface area contributed by atoms with Crippen LogP contribution in [0.3, 0.4) is 0 Å². The third-order valence-electron chi connectivity index (χ3n) is 2.79.